The van der Waals surface area contributed by atoms with Crippen LogP contribution in [0.3, 0.4) is 0 Å². The molecular formula is C17H23N3O4. The van der Waals surface area contributed by atoms with Crippen LogP contribution < -0.4 is 15.4 Å². The van der Waals surface area contributed by atoms with Gasteiger partial charge in [0.1, 0.15) is 12.3 Å². The van der Waals surface area contributed by atoms with Crippen LogP contribution in [0.15, 0.2) is 18.2 Å². The summed E-state index contributed by atoms with van der Waals surface area (Å²) in [5.41, 5.74) is 6.93. The number of carbonyl (C=O) groups is 2. The number of nitrogens with two attached hydrogens (primary N) is 1. The van der Waals surface area contributed by atoms with E-state index in [1.165, 1.54) is 4.90 Å². The van der Waals surface area contributed by atoms with Crippen LogP contribution in [-0.4, -0.2) is 55.7 Å². The van der Waals surface area contributed by atoms with E-state index in [1.54, 1.807) is 23.1 Å². The number of hydrogen-bond donors (Lipinski definition) is 1. The van der Waals surface area contributed by atoms with E-state index in [0.29, 0.717) is 43.4 Å². The minimum atomic E-state index is -0.599. The summed E-state index contributed by atoms with van der Waals surface area (Å²) in [6.45, 7) is 5.99. The predicted molar refractivity (Wildman–Crippen MR) is 89.9 cm³/mol. The molecule has 0 radical (unpaired) electrons. The van der Waals surface area contributed by atoms with Crippen molar-refractivity contribution >= 4 is 23.2 Å². The Balaban J connectivity index is 1.87. The van der Waals surface area contributed by atoms with Crippen molar-refractivity contribution in [2.45, 2.75) is 20.0 Å². The maximum Gasteiger partial charge on any atom is 0.268 e. The van der Waals surface area contributed by atoms with Crippen LogP contribution in [0.5, 0.6) is 5.75 Å². The Morgan fingerprint density at radius 1 is 1.33 bits per heavy atom. The molecule has 1 fully saturated rings. The first-order chi connectivity index (χ1) is 11.5. The number of carbonyl (C=O) groups excluding carboxylic acids is 2. The molecule has 7 nitrogen and oxygen atoms in total. The predicted octanol–water partition coefficient (Wildman–Crippen LogP) is 0.878. The molecule has 2 heterocycles. The van der Waals surface area contributed by atoms with Crippen molar-refractivity contribution in [3.63, 3.8) is 0 Å². The van der Waals surface area contributed by atoms with Gasteiger partial charge in [-0.1, -0.05) is 13.8 Å². The van der Waals surface area contributed by atoms with E-state index < -0.39 is 6.10 Å². The van der Waals surface area contributed by atoms with E-state index in [9.17, 15) is 9.59 Å². The van der Waals surface area contributed by atoms with Crippen LogP contribution in [0.25, 0.3) is 0 Å². The van der Waals surface area contributed by atoms with Gasteiger partial charge in [0.05, 0.1) is 18.9 Å². The fraction of sp³-hybridized carbons (Fsp3) is 0.529. The van der Waals surface area contributed by atoms with E-state index >= 15 is 0 Å². The van der Waals surface area contributed by atoms with Gasteiger partial charge in [0.2, 0.25) is 5.91 Å². The molecule has 1 aromatic rings. The summed E-state index contributed by atoms with van der Waals surface area (Å²) in [4.78, 5) is 28.6. The summed E-state index contributed by atoms with van der Waals surface area (Å²) < 4.78 is 11.1. The summed E-state index contributed by atoms with van der Waals surface area (Å²) in [7, 11) is 0. The highest BCUT2D eigenvalue weighted by Crippen LogP contribution is 2.37. The second-order valence-electron chi connectivity index (χ2n) is 6.43. The topological polar surface area (TPSA) is 85.1 Å². The first kappa shape index (κ1) is 16.6. The van der Waals surface area contributed by atoms with Gasteiger partial charge in [-0.2, -0.15) is 0 Å². The van der Waals surface area contributed by atoms with Crippen LogP contribution in [0.2, 0.25) is 0 Å². The Kier molecular flexibility index (Phi) is 4.62. The summed E-state index contributed by atoms with van der Waals surface area (Å²) in [6.07, 6.45) is -0.599. The minimum absolute atomic E-state index is 0.00388. The van der Waals surface area contributed by atoms with Crippen molar-refractivity contribution in [3.8, 4) is 5.75 Å². The molecule has 2 amide bonds. The molecule has 1 unspecified atom stereocenters. The Hall–Kier alpha value is -2.28. The molecule has 0 bridgehead atoms. The molecule has 130 valence electrons. The Morgan fingerprint density at radius 3 is 2.71 bits per heavy atom. The highest BCUT2D eigenvalue weighted by atomic mass is 16.5. The smallest absolute Gasteiger partial charge is 0.268 e. The van der Waals surface area contributed by atoms with E-state index in [1.807, 2.05) is 13.8 Å². The van der Waals surface area contributed by atoms with Crippen LogP contribution in [0, 0.1) is 5.92 Å². The monoisotopic (exact) mass is 333 g/mol. The third-order valence-corrected chi connectivity index (χ3v) is 4.30. The Bertz CT molecular complexity index is 641. The number of nitrogens with zero attached hydrogens (tertiary/aromatic N) is 2. The molecule has 3 rings (SSSR count). The van der Waals surface area contributed by atoms with Crippen molar-refractivity contribution < 1.29 is 19.1 Å². The number of morpholine rings is 1. The number of fused-ring (bicyclic) bond motifs is 1. The largest absolute Gasteiger partial charge is 0.478 e. The summed E-state index contributed by atoms with van der Waals surface area (Å²) >= 11 is 0. The van der Waals surface area contributed by atoms with E-state index in [-0.39, 0.29) is 24.3 Å². The van der Waals surface area contributed by atoms with Crippen LogP contribution in [0.1, 0.15) is 13.8 Å². The van der Waals surface area contributed by atoms with Gasteiger partial charge in [0.15, 0.2) is 6.10 Å². The highest BCUT2D eigenvalue weighted by molar-refractivity contribution is 6.04. The van der Waals surface area contributed by atoms with Crippen LogP contribution in [-0.2, 0) is 14.3 Å². The third kappa shape index (κ3) is 3.17. The number of ether oxygens (including phenoxy) is 2. The molecule has 1 saturated heterocycles. The molecule has 7 heteroatoms. The van der Waals surface area contributed by atoms with Crippen molar-refractivity contribution in [1.29, 1.82) is 0 Å². The SMILES string of the molecule is CC(C)C1Oc2ccc(N)cc2N(CC(=O)N2CCOCC2)C1=O. The zero-order valence-corrected chi connectivity index (χ0v) is 14.0. The summed E-state index contributed by atoms with van der Waals surface area (Å²) in [6, 6.07) is 5.16. The fourth-order valence-corrected chi connectivity index (χ4v) is 2.94. The molecule has 0 spiro atoms. The Morgan fingerprint density at radius 2 is 2.04 bits per heavy atom. The molecule has 2 aliphatic heterocycles. The first-order valence-electron chi connectivity index (χ1n) is 8.20. The van der Waals surface area contributed by atoms with Crippen LogP contribution >= 0.6 is 0 Å². The summed E-state index contributed by atoms with van der Waals surface area (Å²) in [5, 5.41) is 0. The van der Waals surface area contributed by atoms with Gasteiger partial charge in [0.25, 0.3) is 5.91 Å². The molecule has 0 saturated carbocycles. The van der Waals surface area contributed by atoms with Gasteiger partial charge in [-0.05, 0) is 24.1 Å². The third-order valence-electron chi connectivity index (χ3n) is 4.30. The van der Waals surface area contributed by atoms with Gasteiger partial charge in [-0.25, -0.2) is 0 Å². The lowest BCUT2D eigenvalue weighted by Crippen LogP contribution is -2.53. The number of anilines is 2. The van der Waals surface area contributed by atoms with Crippen molar-refractivity contribution in [3.05, 3.63) is 18.2 Å². The number of benzene rings is 1. The second-order valence-corrected chi connectivity index (χ2v) is 6.43. The second kappa shape index (κ2) is 6.68. The van der Waals surface area contributed by atoms with E-state index in [0.717, 1.165) is 0 Å². The average molecular weight is 333 g/mol. The Labute approximate surface area is 141 Å². The molecule has 0 aliphatic carbocycles. The standard InChI is InChI=1S/C17H23N3O4/c1-11(2)16-17(22)20(10-15(21)19-5-7-23-8-6-19)13-9-12(18)3-4-14(13)24-16/h3-4,9,11,16H,5-8,10,18H2,1-2H3. The number of nitrogen functional groups attached to an aromatic ring is 1. The van der Waals surface area contributed by atoms with Crippen molar-refractivity contribution in [1.82, 2.24) is 4.90 Å². The normalized spacial score (nSPS) is 20.8. The highest BCUT2D eigenvalue weighted by Gasteiger charge is 2.38. The van der Waals surface area contributed by atoms with Crippen LogP contribution in [0.4, 0.5) is 11.4 Å². The zero-order chi connectivity index (χ0) is 17.3. The molecule has 1 aromatic carbocycles. The number of rotatable bonds is 3. The molecule has 0 aromatic heterocycles. The maximum absolute atomic E-state index is 12.8. The van der Waals surface area contributed by atoms with E-state index in [2.05, 4.69) is 0 Å². The quantitative estimate of drug-likeness (QED) is 0.830. The summed E-state index contributed by atoms with van der Waals surface area (Å²) in [5.74, 6) is 0.288. The van der Waals surface area contributed by atoms with Gasteiger partial charge >= 0.3 is 0 Å². The first-order valence-corrected chi connectivity index (χ1v) is 8.20. The van der Waals surface area contributed by atoms with Gasteiger partial charge in [-0.15, -0.1) is 0 Å². The fourth-order valence-electron chi connectivity index (χ4n) is 2.94. The van der Waals surface area contributed by atoms with Gasteiger partial charge in [-0.3, -0.25) is 14.5 Å². The van der Waals surface area contributed by atoms with Crippen molar-refractivity contribution in [2.24, 2.45) is 5.92 Å². The maximum atomic E-state index is 12.8. The van der Waals surface area contributed by atoms with Gasteiger partial charge < -0.3 is 20.1 Å². The zero-order valence-electron chi connectivity index (χ0n) is 14.0. The minimum Gasteiger partial charge on any atom is -0.478 e. The van der Waals surface area contributed by atoms with Gasteiger partial charge in [0, 0.05) is 18.8 Å². The average Bonchev–Trinajstić information content (AvgIpc) is 2.57. The van der Waals surface area contributed by atoms with E-state index in [4.69, 9.17) is 15.2 Å². The number of hydrogen-bond acceptors (Lipinski definition) is 5. The lowest BCUT2D eigenvalue weighted by Gasteiger charge is -2.37. The lowest BCUT2D eigenvalue weighted by atomic mass is 10.0. The number of amides is 2. The molecule has 2 aliphatic rings. The molecular weight excluding hydrogens is 310 g/mol. The lowest BCUT2D eigenvalue weighted by molar-refractivity contribution is -0.136. The van der Waals surface area contributed by atoms with Crippen molar-refractivity contribution in [2.75, 3.05) is 43.5 Å². The molecule has 1 atom stereocenters. The molecule has 24 heavy (non-hydrogen) atoms. The molecule has 2 N–H and O–H groups in total.